The van der Waals surface area contributed by atoms with Crippen molar-refractivity contribution in [3.63, 3.8) is 0 Å². The summed E-state index contributed by atoms with van der Waals surface area (Å²) in [6.45, 7) is 4.02. The fourth-order valence-corrected chi connectivity index (χ4v) is 2.93. The van der Waals surface area contributed by atoms with E-state index in [-0.39, 0.29) is 0 Å². The third kappa shape index (κ3) is 3.77. The van der Waals surface area contributed by atoms with Gasteiger partial charge >= 0.3 is 0 Å². The molecule has 0 fully saturated rings. The van der Waals surface area contributed by atoms with Crippen molar-refractivity contribution in [1.82, 2.24) is 4.57 Å². The molecule has 2 rings (SSSR count). The van der Waals surface area contributed by atoms with Gasteiger partial charge in [-0.25, -0.2) is 0 Å². The van der Waals surface area contributed by atoms with Crippen LogP contribution in [0.4, 0.5) is 0 Å². The van der Waals surface area contributed by atoms with Gasteiger partial charge in [0.15, 0.2) is 0 Å². The first kappa shape index (κ1) is 15.4. The zero-order chi connectivity index (χ0) is 14.4. The highest BCUT2D eigenvalue weighted by molar-refractivity contribution is 6.31. The van der Waals surface area contributed by atoms with Gasteiger partial charge in [0.2, 0.25) is 0 Å². The Balaban J connectivity index is 2.12. The molecule has 0 bridgehead atoms. The Morgan fingerprint density at radius 1 is 1.15 bits per heavy atom. The van der Waals surface area contributed by atoms with E-state index in [1.54, 1.807) is 0 Å². The number of aryl methyl sites for hydroxylation is 1. The fourth-order valence-electron chi connectivity index (χ4n) is 2.77. The summed E-state index contributed by atoms with van der Waals surface area (Å²) < 4.78 is 2.35. The van der Waals surface area contributed by atoms with Gasteiger partial charge in [0, 0.05) is 28.7 Å². The minimum atomic E-state index is 0.693. The van der Waals surface area contributed by atoms with Gasteiger partial charge < -0.3 is 10.3 Å². The van der Waals surface area contributed by atoms with E-state index in [4.69, 9.17) is 17.3 Å². The van der Waals surface area contributed by atoms with Crippen molar-refractivity contribution < 1.29 is 0 Å². The summed E-state index contributed by atoms with van der Waals surface area (Å²) in [5.74, 6) is 0. The molecule has 0 saturated carbocycles. The standard InChI is InChI=1S/C17H25ClN2/c1-2-3-4-5-6-11-20-13-14(9-10-19)16-8-7-15(18)12-17(16)20/h7-8,12-13H,2-6,9-11,19H2,1H3. The van der Waals surface area contributed by atoms with Crippen LogP contribution in [0, 0.1) is 0 Å². The van der Waals surface area contributed by atoms with Crippen LogP contribution in [0.1, 0.15) is 44.6 Å². The molecule has 0 spiro atoms. The maximum Gasteiger partial charge on any atom is 0.0498 e. The second-order valence-electron chi connectivity index (χ2n) is 5.46. The first-order valence-electron chi connectivity index (χ1n) is 7.73. The van der Waals surface area contributed by atoms with Gasteiger partial charge in [-0.15, -0.1) is 0 Å². The van der Waals surface area contributed by atoms with Crippen molar-refractivity contribution >= 4 is 22.5 Å². The monoisotopic (exact) mass is 292 g/mol. The van der Waals surface area contributed by atoms with Crippen LogP contribution >= 0.6 is 11.6 Å². The third-order valence-electron chi connectivity index (χ3n) is 3.84. The molecule has 1 aromatic carbocycles. The van der Waals surface area contributed by atoms with Crippen molar-refractivity contribution in [2.45, 2.75) is 52.0 Å². The van der Waals surface area contributed by atoms with Crippen LogP contribution in [-0.2, 0) is 13.0 Å². The Kier molecular flexibility index (Phi) is 5.93. The SMILES string of the molecule is CCCCCCCn1cc(CCN)c2ccc(Cl)cc21. The van der Waals surface area contributed by atoms with E-state index in [2.05, 4.69) is 29.8 Å². The molecule has 0 atom stereocenters. The number of fused-ring (bicyclic) bond motifs is 1. The van der Waals surface area contributed by atoms with E-state index in [9.17, 15) is 0 Å². The van der Waals surface area contributed by atoms with E-state index < -0.39 is 0 Å². The maximum atomic E-state index is 6.14. The lowest BCUT2D eigenvalue weighted by Crippen LogP contribution is -2.02. The Labute approximate surface area is 126 Å². The Morgan fingerprint density at radius 3 is 2.70 bits per heavy atom. The van der Waals surface area contributed by atoms with E-state index in [0.29, 0.717) is 6.54 Å². The van der Waals surface area contributed by atoms with Crippen molar-refractivity contribution in [3.8, 4) is 0 Å². The van der Waals surface area contributed by atoms with Gasteiger partial charge in [0.05, 0.1) is 0 Å². The zero-order valence-electron chi connectivity index (χ0n) is 12.4. The molecule has 1 aromatic heterocycles. The fraction of sp³-hybridized carbons (Fsp3) is 0.529. The molecule has 1 heterocycles. The number of nitrogens with zero attached hydrogens (tertiary/aromatic N) is 1. The number of unbranched alkanes of at least 4 members (excludes halogenated alkanes) is 4. The highest BCUT2D eigenvalue weighted by Gasteiger charge is 2.08. The normalized spacial score (nSPS) is 11.3. The lowest BCUT2D eigenvalue weighted by Gasteiger charge is -2.05. The number of nitrogens with two attached hydrogens (primary N) is 1. The molecule has 2 N–H and O–H groups in total. The van der Waals surface area contributed by atoms with Gasteiger partial charge in [-0.3, -0.25) is 0 Å². The second-order valence-corrected chi connectivity index (χ2v) is 5.90. The Hall–Kier alpha value is -0.990. The van der Waals surface area contributed by atoms with Crippen LogP contribution in [-0.4, -0.2) is 11.1 Å². The number of benzene rings is 1. The molecular weight excluding hydrogens is 268 g/mol. The first-order valence-corrected chi connectivity index (χ1v) is 8.11. The van der Waals surface area contributed by atoms with Gasteiger partial charge in [0.25, 0.3) is 0 Å². The molecule has 3 heteroatoms. The first-order chi connectivity index (χ1) is 9.76. The molecular formula is C17H25ClN2. The number of rotatable bonds is 8. The summed E-state index contributed by atoms with van der Waals surface area (Å²) in [4.78, 5) is 0. The topological polar surface area (TPSA) is 30.9 Å². The average Bonchev–Trinajstić information content (AvgIpc) is 2.77. The van der Waals surface area contributed by atoms with E-state index >= 15 is 0 Å². The molecule has 0 unspecified atom stereocenters. The van der Waals surface area contributed by atoms with Crippen LogP contribution in [0.15, 0.2) is 24.4 Å². The molecule has 0 saturated heterocycles. The van der Waals surface area contributed by atoms with Gasteiger partial charge in [-0.05, 0) is 37.1 Å². The largest absolute Gasteiger partial charge is 0.347 e. The molecule has 0 amide bonds. The van der Waals surface area contributed by atoms with Crippen molar-refractivity contribution in [1.29, 1.82) is 0 Å². The molecule has 2 nitrogen and oxygen atoms in total. The second kappa shape index (κ2) is 7.70. The summed E-state index contributed by atoms with van der Waals surface area (Å²) in [5.41, 5.74) is 8.30. The van der Waals surface area contributed by atoms with E-state index in [1.165, 1.54) is 48.6 Å². The highest BCUT2D eigenvalue weighted by Crippen LogP contribution is 2.25. The van der Waals surface area contributed by atoms with Crippen LogP contribution in [0.3, 0.4) is 0 Å². The molecule has 0 radical (unpaired) electrons. The summed E-state index contributed by atoms with van der Waals surface area (Å²) in [6.07, 6.45) is 9.71. The van der Waals surface area contributed by atoms with Crippen LogP contribution in [0.5, 0.6) is 0 Å². The molecule has 0 aliphatic heterocycles. The number of halogens is 1. The summed E-state index contributed by atoms with van der Waals surface area (Å²) in [7, 11) is 0. The van der Waals surface area contributed by atoms with Gasteiger partial charge in [-0.2, -0.15) is 0 Å². The number of hydrogen-bond acceptors (Lipinski definition) is 1. The van der Waals surface area contributed by atoms with E-state index in [1.807, 2.05) is 6.07 Å². The van der Waals surface area contributed by atoms with Crippen LogP contribution < -0.4 is 5.73 Å². The summed E-state index contributed by atoms with van der Waals surface area (Å²) in [5, 5.41) is 2.11. The van der Waals surface area contributed by atoms with Crippen molar-refractivity contribution in [3.05, 3.63) is 35.0 Å². The average molecular weight is 293 g/mol. The lowest BCUT2D eigenvalue weighted by molar-refractivity contribution is 0.577. The minimum absolute atomic E-state index is 0.693. The minimum Gasteiger partial charge on any atom is -0.347 e. The molecule has 0 aliphatic carbocycles. The van der Waals surface area contributed by atoms with Gasteiger partial charge in [0.1, 0.15) is 0 Å². The van der Waals surface area contributed by atoms with Crippen LogP contribution in [0.25, 0.3) is 10.9 Å². The van der Waals surface area contributed by atoms with Crippen molar-refractivity contribution in [2.24, 2.45) is 5.73 Å². The maximum absolute atomic E-state index is 6.14. The van der Waals surface area contributed by atoms with Gasteiger partial charge in [-0.1, -0.05) is 50.3 Å². The Morgan fingerprint density at radius 2 is 1.95 bits per heavy atom. The van der Waals surface area contributed by atoms with Crippen LogP contribution in [0.2, 0.25) is 5.02 Å². The lowest BCUT2D eigenvalue weighted by atomic mass is 10.1. The van der Waals surface area contributed by atoms with Crippen molar-refractivity contribution in [2.75, 3.05) is 6.54 Å². The number of aromatic nitrogens is 1. The third-order valence-corrected chi connectivity index (χ3v) is 4.08. The zero-order valence-corrected chi connectivity index (χ0v) is 13.1. The summed E-state index contributed by atoms with van der Waals surface area (Å²) >= 11 is 6.14. The predicted octanol–water partition coefficient (Wildman–Crippen LogP) is 4.77. The predicted molar refractivity (Wildman–Crippen MR) is 88.5 cm³/mol. The molecule has 0 aliphatic rings. The quantitative estimate of drug-likeness (QED) is 0.698. The summed E-state index contributed by atoms with van der Waals surface area (Å²) in [6, 6.07) is 6.16. The Bertz CT molecular complexity index is 545. The highest BCUT2D eigenvalue weighted by atomic mass is 35.5. The number of hydrogen-bond donors (Lipinski definition) is 1. The molecule has 110 valence electrons. The van der Waals surface area contributed by atoms with E-state index in [0.717, 1.165) is 18.0 Å². The molecule has 20 heavy (non-hydrogen) atoms. The molecule has 2 aromatic rings. The smallest absolute Gasteiger partial charge is 0.0498 e.